The van der Waals surface area contributed by atoms with Gasteiger partial charge in [-0.25, -0.2) is 4.98 Å². The minimum absolute atomic E-state index is 0.00792. The largest absolute Gasteiger partial charge is 0.462 e. The van der Waals surface area contributed by atoms with Gasteiger partial charge in [0.2, 0.25) is 0 Å². The fourth-order valence-corrected chi connectivity index (χ4v) is 3.15. The van der Waals surface area contributed by atoms with Crippen molar-refractivity contribution in [2.75, 3.05) is 0 Å². The normalized spacial score (nSPS) is 22.5. The molecule has 98 valence electrons. The summed E-state index contributed by atoms with van der Waals surface area (Å²) in [5.74, 6) is -0.143. The van der Waals surface area contributed by atoms with Gasteiger partial charge < -0.3 is 9.72 Å². The third kappa shape index (κ3) is 2.66. The maximum Gasteiger partial charge on any atom is 0.319 e. The molecular weight excluding hydrogens is 260 g/mol. The molecule has 4 nitrogen and oxygen atoms in total. The zero-order valence-corrected chi connectivity index (χ0v) is 11.3. The molecule has 0 spiro atoms. The minimum atomic E-state index is -0.148. The fourth-order valence-electron chi connectivity index (χ4n) is 2.08. The fraction of sp³-hybridized carbons (Fsp3) is 0.286. The zero-order chi connectivity index (χ0) is 13.2. The van der Waals surface area contributed by atoms with Gasteiger partial charge in [-0.05, 0) is 12.5 Å². The van der Waals surface area contributed by atoms with Crippen LogP contribution in [-0.2, 0) is 9.53 Å². The number of benzene rings is 1. The van der Waals surface area contributed by atoms with Crippen molar-refractivity contribution in [1.82, 2.24) is 9.97 Å². The first kappa shape index (κ1) is 12.3. The molecule has 0 aliphatic carbocycles. The molecule has 0 saturated carbocycles. The van der Waals surface area contributed by atoms with E-state index in [1.165, 1.54) is 11.8 Å². The molecule has 1 aromatic heterocycles. The van der Waals surface area contributed by atoms with Gasteiger partial charge in [-0.2, -0.15) is 0 Å². The molecule has 2 aromatic rings. The van der Waals surface area contributed by atoms with Gasteiger partial charge in [0, 0.05) is 6.42 Å². The highest BCUT2D eigenvalue weighted by molar-refractivity contribution is 8.00. The molecule has 0 radical (unpaired) electrons. The van der Waals surface area contributed by atoms with Gasteiger partial charge in [-0.15, -0.1) is 0 Å². The van der Waals surface area contributed by atoms with Gasteiger partial charge in [0.1, 0.15) is 11.4 Å². The number of aromatic amines is 1. The number of esters is 1. The Balaban J connectivity index is 1.74. The molecule has 2 atom stereocenters. The summed E-state index contributed by atoms with van der Waals surface area (Å²) in [5, 5.41) is 0.611. The van der Waals surface area contributed by atoms with Crippen LogP contribution in [0, 0.1) is 0 Å². The number of hydrogen-bond acceptors (Lipinski definition) is 4. The van der Waals surface area contributed by atoms with Crippen LogP contribution in [0.4, 0.5) is 0 Å². The number of nitrogens with one attached hydrogen (secondary N) is 1. The lowest BCUT2D eigenvalue weighted by Crippen LogP contribution is -2.09. The van der Waals surface area contributed by atoms with Crippen molar-refractivity contribution in [1.29, 1.82) is 0 Å². The molecular formula is C14H14N2O2S. The average molecular weight is 274 g/mol. The minimum Gasteiger partial charge on any atom is -0.462 e. The summed E-state index contributed by atoms with van der Waals surface area (Å²) in [6.45, 7) is 1.91. The van der Waals surface area contributed by atoms with Crippen molar-refractivity contribution in [2.24, 2.45) is 0 Å². The van der Waals surface area contributed by atoms with Crippen molar-refractivity contribution >= 4 is 17.7 Å². The molecule has 5 heteroatoms. The lowest BCUT2D eigenvalue weighted by atomic mass is 10.2. The predicted octanol–water partition coefficient (Wildman–Crippen LogP) is 2.87. The summed E-state index contributed by atoms with van der Waals surface area (Å²) < 4.78 is 5.14. The van der Waals surface area contributed by atoms with Crippen LogP contribution in [0.1, 0.15) is 13.3 Å². The van der Waals surface area contributed by atoms with Crippen molar-refractivity contribution in [3.63, 3.8) is 0 Å². The summed E-state index contributed by atoms with van der Waals surface area (Å²) in [6, 6.07) is 9.99. The second kappa shape index (κ2) is 5.09. The monoisotopic (exact) mass is 274 g/mol. The van der Waals surface area contributed by atoms with E-state index in [1.807, 2.05) is 37.3 Å². The number of imidazole rings is 1. The number of carbonyl (C=O) groups excluding carboxylic acids is 1. The molecule has 3 rings (SSSR count). The maximum absolute atomic E-state index is 11.6. The lowest BCUT2D eigenvalue weighted by molar-refractivity contribution is -0.140. The molecule has 1 aliphatic rings. The quantitative estimate of drug-likeness (QED) is 0.874. The molecule has 1 fully saturated rings. The number of aromatic nitrogens is 2. The Labute approximate surface area is 115 Å². The predicted molar refractivity (Wildman–Crippen MR) is 73.8 cm³/mol. The van der Waals surface area contributed by atoms with E-state index >= 15 is 0 Å². The number of ether oxygens (including phenoxy) is 1. The highest BCUT2D eigenvalue weighted by Crippen LogP contribution is 2.31. The summed E-state index contributed by atoms with van der Waals surface area (Å²) >= 11 is 1.44. The van der Waals surface area contributed by atoms with Crippen LogP contribution in [0.25, 0.3) is 11.3 Å². The lowest BCUT2D eigenvalue weighted by Gasteiger charge is -2.01. The van der Waals surface area contributed by atoms with E-state index in [-0.39, 0.29) is 17.3 Å². The van der Waals surface area contributed by atoms with Crippen LogP contribution in [0.5, 0.6) is 0 Å². The van der Waals surface area contributed by atoms with Gasteiger partial charge in [0.25, 0.3) is 0 Å². The Hall–Kier alpha value is -1.75. The average Bonchev–Trinajstić information content (AvgIpc) is 2.99. The first-order valence-electron chi connectivity index (χ1n) is 6.20. The maximum atomic E-state index is 11.6. The number of thioether (sulfide) groups is 1. The van der Waals surface area contributed by atoms with Gasteiger partial charge >= 0.3 is 5.97 Å². The van der Waals surface area contributed by atoms with Crippen LogP contribution in [-0.4, -0.2) is 27.3 Å². The number of cyclic esters (lactones) is 1. The van der Waals surface area contributed by atoms with Crippen LogP contribution < -0.4 is 0 Å². The number of hydrogen-bond donors (Lipinski definition) is 1. The molecule has 2 heterocycles. The first-order valence-corrected chi connectivity index (χ1v) is 7.08. The second-order valence-electron chi connectivity index (χ2n) is 4.56. The Morgan fingerprint density at radius 1 is 1.37 bits per heavy atom. The zero-order valence-electron chi connectivity index (χ0n) is 10.5. The molecule has 19 heavy (non-hydrogen) atoms. The topological polar surface area (TPSA) is 55.0 Å². The van der Waals surface area contributed by atoms with Gasteiger partial charge in [-0.3, -0.25) is 4.79 Å². The number of nitrogens with zero attached hydrogens (tertiary/aromatic N) is 1. The Kier molecular flexibility index (Phi) is 3.29. The van der Waals surface area contributed by atoms with Gasteiger partial charge in [-0.1, -0.05) is 42.1 Å². The summed E-state index contributed by atoms with van der Waals surface area (Å²) in [5.41, 5.74) is 2.05. The number of carbonyl (C=O) groups is 1. The molecule has 0 unspecified atom stereocenters. The molecule has 1 N–H and O–H groups in total. The van der Waals surface area contributed by atoms with E-state index in [0.717, 1.165) is 22.8 Å². The first-order chi connectivity index (χ1) is 9.22. The third-order valence-corrected chi connectivity index (χ3v) is 4.12. The summed E-state index contributed by atoms with van der Waals surface area (Å²) in [7, 11) is 0. The van der Waals surface area contributed by atoms with Gasteiger partial charge in [0.15, 0.2) is 5.16 Å². The van der Waals surface area contributed by atoms with E-state index in [9.17, 15) is 4.79 Å². The summed E-state index contributed by atoms with van der Waals surface area (Å²) in [6.07, 6.45) is 2.54. The van der Waals surface area contributed by atoms with Gasteiger partial charge in [0.05, 0.1) is 11.9 Å². The van der Waals surface area contributed by atoms with E-state index < -0.39 is 0 Å². The highest BCUT2D eigenvalue weighted by Gasteiger charge is 2.33. The van der Waals surface area contributed by atoms with E-state index in [4.69, 9.17) is 4.74 Å². The van der Waals surface area contributed by atoms with Crippen molar-refractivity contribution < 1.29 is 9.53 Å². The summed E-state index contributed by atoms with van der Waals surface area (Å²) in [4.78, 5) is 19.1. The highest BCUT2D eigenvalue weighted by atomic mass is 32.2. The van der Waals surface area contributed by atoms with Crippen LogP contribution in [0.15, 0.2) is 41.7 Å². The Morgan fingerprint density at radius 2 is 2.16 bits per heavy atom. The van der Waals surface area contributed by atoms with Crippen molar-refractivity contribution in [3.8, 4) is 11.3 Å². The van der Waals surface area contributed by atoms with Crippen LogP contribution in [0.2, 0.25) is 0 Å². The van der Waals surface area contributed by atoms with Crippen molar-refractivity contribution in [2.45, 2.75) is 29.9 Å². The number of rotatable bonds is 3. The Bertz CT molecular complexity index is 582. The molecule has 1 saturated heterocycles. The smallest absolute Gasteiger partial charge is 0.319 e. The molecule has 0 amide bonds. The molecule has 0 bridgehead atoms. The second-order valence-corrected chi connectivity index (χ2v) is 5.75. The SMILES string of the molecule is C[C@@H]1C[C@H](Sc2ncc(-c3ccccc3)[nH]2)C(=O)O1. The van der Waals surface area contributed by atoms with E-state index in [2.05, 4.69) is 9.97 Å². The standard InChI is InChI=1S/C14H14N2O2S/c1-9-7-12(13(17)18-9)19-14-15-8-11(16-14)10-5-3-2-4-6-10/h2-6,8-9,12H,7H2,1H3,(H,15,16)/t9-,12+/m1/s1. The third-order valence-electron chi connectivity index (χ3n) is 3.02. The Morgan fingerprint density at radius 3 is 2.84 bits per heavy atom. The van der Waals surface area contributed by atoms with E-state index in [1.54, 1.807) is 6.20 Å². The number of H-pyrrole nitrogens is 1. The van der Waals surface area contributed by atoms with E-state index in [0.29, 0.717) is 0 Å². The van der Waals surface area contributed by atoms with Crippen LogP contribution in [0.3, 0.4) is 0 Å². The molecule has 1 aliphatic heterocycles. The molecule has 1 aromatic carbocycles. The van der Waals surface area contributed by atoms with Crippen molar-refractivity contribution in [3.05, 3.63) is 36.5 Å². The van der Waals surface area contributed by atoms with Crippen LogP contribution >= 0.6 is 11.8 Å².